The molecule has 3 saturated heterocycles. The van der Waals surface area contributed by atoms with Crippen LogP contribution in [0, 0.1) is 6.92 Å². The Morgan fingerprint density at radius 3 is 2.31 bits per heavy atom. The summed E-state index contributed by atoms with van der Waals surface area (Å²) in [6, 6.07) is 5.56. The van der Waals surface area contributed by atoms with E-state index >= 15 is 0 Å². The Kier molecular flexibility index (Phi) is 10.4. The number of carbonyl (C=O) groups excluding carboxylic acids is 1. The van der Waals surface area contributed by atoms with Gasteiger partial charge in [-0.2, -0.15) is 13.2 Å². The molecule has 3 aliphatic heterocycles. The van der Waals surface area contributed by atoms with E-state index in [1.165, 1.54) is 29.0 Å². The molecule has 5 rings (SSSR count). The van der Waals surface area contributed by atoms with Crippen LogP contribution in [0.25, 0.3) is 0 Å². The predicted molar refractivity (Wildman–Crippen MR) is 164 cm³/mol. The van der Waals surface area contributed by atoms with Crippen molar-refractivity contribution in [2.45, 2.75) is 82.3 Å². The molecule has 0 spiro atoms. The van der Waals surface area contributed by atoms with Gasteiger partial charge in [0.25, 0.3) is 5.91 Å². The first-order chi connectivity index (χ1) is 21.3. The third-order valence-corrected chi connectivity index (χ3v) is 10.9. The molecule has 1 aromatic carbocycles. The van der Waals surface area contributed by atoms with E-state index in [-0.39, 0.29) is 24.2 Å². The second-order valence-electron chi connectivity index (χ2n) is 12.4. The van der Waals surface area contributed by atoms with Gasteiger partial charge in [-0.15, -0.1) is 0 Å². The second kappa shape index (κ2) is 13.9. The molecule has 14 heteroatoms. The Balaban J connectivity index is 1.11. The molecule has 0 unspecified atom stereocenters. The van der Waals surface area contributed by atoms with Crippen LogP contribution >= 0.6 is 0 Å². The number of carbonyl (C=O) groups is 1. The smallest absolute Gasteiger partial charge is 0.368 e. The van der Waals surface area contributed by atoms with Gasteiger partial charge in [-0.25, -0.2) is 22.7 Å². The van der Waals surface area contributed by atoms with Gasteiger partial charge in [-0.3, -0.25) is 4.79 Å². The molecule has 45 heavy (non-hydrogen) atoms. The average molecular weight is 653 g/mol. The van der Waals surface area contributed by atoms with Crippen molar-refractivity contribution in [1.82, 2.24) is 24.1 Å². The number of benzene rings is 1. The highest BCUT2D eigenvalue weighted by Gasteiger charge is 2.34. The van der Waals surface area contributed by atoms with Gasteiger partial charge in [0, 0.05) is 44.3 Å². The molecule has 1 N–H and O–H groups in total. The number of aromatic nitrogens is 2. The average Bonchev–Trinajstić information content (AvgIpc) is 3.03. The maximum absolute atomic E-state index is 13.5. The fraction of sp³-hybridized carbons (Fsp3) is 0.645. The minimum absolute atomic E-state index is 0.0339. The van der Waals surface area contributed by atoms with Gasteiger partial charge in [0.2, 0.25) is 10.0 Å². The zero-order valence-corrected chi connectivity index (χ0v) is 26.9. The normalized spacial score (nSPS) is 23.0. The summed E-state index contributed by atoms with van der Waals surface area (Å²) in [5.41, 5.74) is 1.08. The van der Waals surface area contributed by atoms with Gasteiger partial charge in [0.05, 0.1) is 24.0 Å². The molecule has 0 bridgehead atoms. The number of sulfonamides is 1. The van der Waals surface area contributed by atoms with E-state index < -0.39 is 21.8 Å². The predicted octanol–water partition coefficient (Wildman–Crippen LogP) is 4.49. The van der Waals surface area contributed by atoms with E-state index in [0.29, 0.717) is 42.8 Å². The van der Waals surface area contributed by atoms with Crippen LogP contribution in [0.15, 0.2) is 30.6 Å². The molecule has 3 fully saturated rings. The quantitative estimate of drug-likeness (QED) is 0.445. The number of ether oxygens (including phenoxy) is 1. The number of piperidine rings is 2. The Bertz CT molecular complexity index is 1430. The molecule has 0 aliphatic carbocycles. The van der Waals surface area contributed by atoms with E-state index in [9.17, 15) is 26.4 Å². The summed E-state index contributed by atoms with van der Waals surface area (Å²) in [6.45, 7) is 5.22. The number of amides is 1. The van der Waals surface area contributed by atoms with Crippen molar-refractivity contribution >= 4 is 21.7 Å². The van der Waals surface area contributed by atoms with E-state index in [2.05, 4.69) is 20.2 Å². The number of halogens is 3. The first-order valence-electron chi connectivity index (χ1n) is 15.7. The number of rotatable bonds is 8. The van der Waals surface area contributed by atoms with Gasteiger partial charge >= 0.3 is 6.18 Å². The molecular formula is C31H43F3N6O4S. The van der Waals surface area contributed by atoms with Crippen LogP contribution in [-0.4, -0.2) is 103 Å². The number of nitrogens with zero attached hydrogens (tertiary/aromatic N) is 5. The van der Waals surface area contributed by atoms with Gasteiger partial charge in [-0.05, 0) is 82.7 Å². The monoisotopic (exact) mass is 652 g/mol. The van der Waals surface area contributed by atoms with Crippen LogP contribution < -0.4 is 5.32 Å². The van der Waals surface area contributed by atoms with E-state index in [1.54, 1.807) is 7.05 Å². The van der Waals surface area contributed by atoms with Gasteiger partial charge < -0.3 is 19.9 Å². The number of likely N-dealkylation sites (tertiary alicyclic amines) is 2. The highest BCUT2D eigenvalue weighted by atomic mass is 32.2. The summed E-state index contributed by atoms with van der Waals surface area (Å²) in [7, 11) is -1.55. The Morgan fingerprint density at radius 1 is 1.02 bits per heavy atom. The van der Waals surface area contributed by atoms with Gasteiger partial charge in [0.1, 0.15) is 17.8 Å². The highest BCUT2D eigenvalue weighted by Crippen LogP contribution is 2.34. The van der Waals surface area contributed by atoms with Crippen molar-refractivity contribution in [3.63, 3.8) is 0 Å². The van der Waals surface area contributed by atoms with E-state index in [4.69, 9.17) is 4.74 Å². The Hall–Kier alpha value is -2.81. The fourth-order valence-corrected chi connectivity index (χ4v) is 7.46. The maximum atomic E-state index is 13.5. The molecule has 3 aliphatic rings. The molecule has 248 valence electrons. The first-order valence-corrected chi connectivity index (χ1v) is 17.5. The van der Waals surface area contributed by atoms with Crippen LogP contribution in [0.4, 0.5) is 19.0 Å². The SMILES string of the molecule is Cc1c(NC[C@@H]2CCC[C@H](c3ccc(C(F)(F)F)cc3)O2)ncnc1C(=O)N1CCC(N2CCC(N(C)S(C)(=O)=O)CC2)CC1. The molecule has 2 aromatic rings. The Morgan fingerprint density at radius 2 is 1.69 bits per heavy atom. The summed E-state index contributed by atoms with van der Waals surface area (Å²) in [6.07, 6.45) is 3.58. The van der Waals surface area contributed by atoms with Crippen molar-refractivity contribution in [3.8, 4) is 0 Å². The van der Waals surface area contributed by atoms with E-state index in [1.807, 2.05) is 11.8 Å². The summed E-state index contributed by atoms with van der Waals surface area (Å²) in [5, 5.41) is 3.31. The van der Waals surface area contributed by atoms with Crippen molar-refractivity contribution in [1.29, 1.82) is 0 Å². The molecule has 0 saturated carbocycles. The largest absolute Gasteiger partial charge is 0.416 e. The van der Waals surface area contributed by atoms with Crippen LogP contribution in [0.5, 0.6) is 0 Å². The third-order valence-electron chi connectivity index (χ3n) is 9.55. The number of hydrogen-bond donors (Lipinski definition) is 1. The highest BCUT2D eigenvalue weighted by molar-refractivity contribution is 7.88. The lowest BCUT2D eigenvalue weighted by molar-refractivity contribution is -0.137. The topological polar surface area (TPSA) is 108 Å². The standard InChI is InChI=1S/C31H43F3N6O4S/c1-21-28(30(41)40-17-13-25(14-18-40)39-15-11-24(12-16-39)38(2)45(3,42)43)36-20-37-29(21)35-19-26-5-4-6-27(44-26)22-7-9-23(10-8-22)31(32,33)34/h7-10,20,24-27H,4-6,11-19H2,1-3H3,(H,35,36,37)/t26-,27+/m0/s1. The summed E-state index contributed by atoms with van der Waals surface area (Å²) in [4.78, 5) is 26.5. The minimum atomic E-state index is -4.37. The summed E-state index contributed by atoms with van der Waals surface area (Å²) >= 11 is 0. The number of alkyl halides is 3. The molecule has 0 radical (unpaired) electrons. The lowest BCUT2D eigenvalue weighted by Crippen LogP contribution is -2.52. The lowest BCUT2D eigenvalue weighted by Gasteiger charge is -2.43. The molecular weight excluding hydrogens is 609 g/mol. The molecule has 1 amide bonds. The molecule has 10 nitrogen and oxygen atoms in total. The van der Waals surface area contributed by atoms with Gasteiger partial charge in [0.15, 0.2) is 0 Å². The van der Waals surface area contributed by atoms with Crippen molar-refractivity contribution in [2.24, 2.45) is 0 Å². The van der Waals surface area contributed by atoms with Crippen molar-refractivity contribution < 1.29 is 31.1 Å². The first kappa shape index (κ1) is 33.6. The molecule has 1 aromatic heterocycles. The Labute approximate surface area is 263 Å². The van der Waals surface area contributed by atoms with Crippen LogP contribution in [0.2, 0.25) is 0 Å². The van der Waals surface area contributed by atoms with Crippen molar-refractivity contribution in [3.05, 3.63) is 53.0 Å². The summed E-state index contributed by atoms with van der Waals surface area (Å²) < 4.78 is 70.4. The molecule has 2 atom stereocenters. The van der Waals surface area contributed by atoms with E-state index in [0.717, 1.165) is 75.7 Å². The van der Waals surface area contributed by atoms with Crippen LogP contribution in [0.1, 0.15) is 78.2 Å². The van der Waals surface area contributed by atoms with Gasteiger partial charge in [-0.1, -0.05) is 12.1 Å². The van der Waals surface area contributed by atoms with Crippen molar-refractivity contribution in [2.75, 3.05) is 51.3 Å². The maximum Gasteiger partial charge on any atom is 0.416 e. The van der Waals surface area contributed by atoms with Crippen LogP contribution in [0.3, 0.4) is 0 Å². The second-order valence-corrected chi connectivity index (χ2v) is 14.5. The number of nitrogens with one attached hydrogen (secondary N) is 1. The summed E-state index contributed by atoms with van der Waals surface area (Å²) in [5.74, 6) is 0.437. The zero-order chi connectivity index (χ0) is 32.4. The minimum Gasteiger partial charge on any atom is -0.368 e. The zero-order valence-electron chi connectivity index (χ0n) is 26.1. The fourth-order valence-electron chi connectivity index (χ4n) is 6.71. The number of anilines is 1. The van der Waals surface area contributed by atoms with Crippen LogP contribution in [-0.2, 0) is 20.9 Å². The lowest BCUT2D eigenvalue weighted by atomic mass is 9.97. The number of hydrogen-bond acceptors (Lipinski definition) is 8. The third kappa shape index (κ3) is 8.13. The molecule has 4 heterocycles.